The van der Waals surface area contributed by atoms with Crippen molar-refractivity contribution in [2.24, 2.45) is 4.99 Å². The monoisotopic (exact) mass is 352 g/mol. The Labute approximate surface area is 153 Å². The maximum Gasteiger partial charge on any atom is 0.214 e. The Bertz CT molecular complexity index is 857. The molecule has 0 saturated carbocycles. The van der Waals surface area contributed by atoms with Gasteiger partial charge in [0.15, 0.2) is 0 Å². The van der Waals surface area contributed by atoms with Crippen molar-refractivity contribution in [2.75, 3.05) is 25.1 Å². The Morgan fingerprint density at radius 1 is 1.19 bits per heavy atom. The van der Waals surface area contributed by atoms with Crippen LogP contribution in [-0.4, -0.2) is 47.6 Å². The lowest BCUT2D eigenvalue weighted by atomic mass is 9.96. The standard InChI is InChI=1S/C20H24N4O2/c1-13(2)26-18-8-16-15(9-22-18)10-23-19(16)14-5-6-21-17(7-14)24-11-20(3,12-24)25-4/h5-9,13H,10-12H2,1-4H3. The fraction of sp³-hybridized carbons (Fsp3) is 0.450. The van der Waals surface area contributed by atoms with Crippen LogP contribution >= 0.6 is 0 Å². The van der Waals surface area contributed by atoms with Gasteiger partial charge in [-0.2, -0.15) is 0 Å². The number of aliphatic imine (C=N–C) groups is 1. The second kappa shape index (κ2) is 6.36. The minimum Gasteiger partial charge on any atom is -0.475 e. The van der Waals surface area contributed by atoms with Crippen LogP contribution in [-0.2, 0) is 11.3 Å². The molecule has 0 aliphatic carbocycles. The van der Waals surface area contributed by atoms with Gasteiger partial charge in [0.2, 0.25) is 5.88 Å². The maximum absolute atomic E-state index is 5.75. The fourth-order valence-electron chi connectivity index (χ4n) is 3.40. The average Bonchev–Trinajstić information content (AvgIpc) is 3.02. The minimum atomic E-state index is -0.0794. The molecule has 2 aromatic heterocycles. The van der Waals surface area contributed by atoms with Gasteiger partial charge in [-0.1, -0.05) is 0 Å². The molecule has 0 atom stereocenters. The Hall–Kier alpha value is -2.47. The highest BCUT2D eigenvalue weighted by Crippen LogP contribution is 2.31. The number of anilines is 1. The van der Waals surface area contributed by atoms with Crippen LogP contribution < -0.4 is 9.64 Å². The summed E-state index contributed by atoms with van der Waals surface area (Å²) < 4.78 is 11.3. The van der Waals surface area contributed by atoms with Gasteiger partial charge in [0.05, 0.1) is 24.0 Å². The van der Waals surface area contributed by atoms with Crippen LogP contribution in [0.25, 0.3) is 0 Å². The van der Waals surface area contributed by atoms with E-state index in [1.165, 1.54) is 0 Å². The summed E-state index contributed by atoms with van der Waals surface area (Å²) in [6, 6.07) is 6.11. The first-order valence-electron chi connectivity index (χ1n) is 8.94. The lowest BCUT2D eigenvalue weighted by Gasteiger charge is -2.47. The molecule has 0 bridgehead atoms. The number of ether oxygens (including phenoxy) is 2. The van der Waals surface area contributed by atoms with Gasteiger partial charge in [-0.3, -0.25) is 4.99 Å². The summed E-state index contributed by atoms with van der Waals surface area (Å²) in [5.41, 5.74) is 4.20. The normalized spacial score (nSPS) is 17.7. The van der Waals surface area contributed by atoms with Gasteiger partial charge >= 0.3 is 0 Å². The molecule has 26 heavy (non-hydrogen) atoms. The van der Waals surface area contributed by atoms with Crippen molar-refractivity contribution in [3.05, 3.63) is 47.3 Å². The molecule has 6 nitrogen and oxygen atoms in total. The van der Waals surface area contributed by atoms with Gasteiger partial charge in [-0.15, -0.1) is 0 Å². The van der Waals surface area contributed by atoms with Crippen molar-refractivity contribution >= 4 is 11.5 Å². The second-order valence-corrected chi connectivity index (χ2v) is 7.42. The zero-order valence-corrected chi connectivity index (χ0v) is 15.7. The van der Waals surface area contributed by atoms with Crippen molar-refractivity contribution in [1.29, 1.82) is 0 Å². The van der Waals surface area contributed by atoms with Crippen molar-refractivity contribution in [1.82, 2.24) is 9.97 Å². The topological polar surface area (TPSA) is 59.8 Å². The predicted octanol–water partition coefficient (Wildman–Crippen LogP) is 2.84. The van der Waals surface area contributed by atoms with Crippen LogP contribution in [0.5, 0.6) is 5.88 Å². The highest BCUT2D eigenvalue weighted by molar-refractivity contribution is 6.15. The fourth-order valence-corrected chi connectivity index (χ4v) is 3.40. The van der Waals surface area contributed by atoms with Crippen molar-refractivity contribution in [2.45, 2.75) is 39.0 Å². The molecule has 6 heteroatoms. The summed E-state index contributed by atoms with van der Waals surface area (Å²) in [6.45, 7) is 8.47. The lowest BCUT2D eigenvalue weighted by molar-refractivity contribution is -0.0171. The van der Waals surface area contributed by atoms with E-state index < -0.39 is 0 Å². The molecule has 0 aromatic carbocycles. The Kier molecular flexibility index (Phi) is 4.15. The van der Waals surface area contributed by atoms with E-state index in [-0.39, 0.29) is 11.7 Å². The molecule has 136 valence electrons. The van der Waals surface area contributed by atoms with E-state index in [4.69, 9.17) is 14.5 Å². The third-order valence-electron chi connectivity index (χ3n) is 4.87. The Balaban J connectivity index is 1.60. The van der Waals surface area contributed by atoms with Crippen LogP contribution in [0, 0.1) is 0 Å². The number of rotatable bonds is 5. The molecule has 1 saturated heterocycles. The molecule has 0 radical (unpaired) electrons. The molecular formula is C20H24N4O2. The van der Waals surface area contributed by atoms with Gasteiger partial charge in [-0.05, 0) is 32.9 Å². The summed E-state index contributed by atoms with van der Waals surface area (Å²) in [5.74, 6) is 1.60. The minimum absolute atomic E-state index is 0.0794. The number of methoxy groups -OCH3 is 1. The van der Waals surface area contributed by atoms with E-state index in [0.717, 1.165) is 41.3 Å². The average molecular weight is 352 g/mol. The lowest BCUT2D eigenvalue weighted by Crippen LogP contribution is -2.61. The Morgan fingerprint density at radius 2 is 2.00 bits per heavy atom. The summed E-state index contributed by atoms with van der Waals surface area (Å²) >= 11 is 0. The molecule has 1 fully saturated rings. The molecule has 2 aromatic rings. The highest BCUT2D eigenvalue weighted by Gasteiger charge is 2.39. The molecule has 0 N–H and O–H groups in total. The summed E-state index contributed by atoms with van der Waals surface area (Å²) in [6.07, 6.45) is 3.81. The van der Waals surface area contributed by atoms with Gasteiger partial charge in [0.1, 0.15) is 5.82 Å². The molecule has 2 aliphatic heterocycles. The number of hydrogen-bond donors (Lipinski definition) is 0. The van der Waals surface area contributed by atoms with Crippen LogP contribution in [0.4, 0.5) is 5.82 Å². The van der Waals surface area contributed by atoms with Crippen LogP contribution in [0.2, 0.25) is 0 Å². The number of hydrogen-bond acceptors (Lipinski definition) is 6. The number of nitrogens with zero attached hydrogens (tertiary/aromatic N) is 4. The molecule has 0 unspecified atom stereocenters. The van der Waals surface area contributed by atoms with Crippen molar-refractivity contribution in [3.63, 3.8) is 0 Å². The third kappa shape index (κ3) is 3.05. The molecule has 2 aliphatic rings. The van der Waals surface area contributed by atoms with Gasteiger partial charge in [0.25, 0.3) is 0 Å². The molecule has 0 spiro atoms. The van der Waals surface area contributed by atoms with E-state index in [1.54, 1.807) is 7.11 Å². The van der Waals surface area contributed by atoms with Crippen molar-refractivity contribution < 1.29 is 9.47 Å². The first-order valence-corrected chi connectivity index (χ1v) is 8.94. The highest BCUT2D eigenvalue weighted by atomic mass is 16.5. The SMILES string of the molecule is COC1(C)CN(c2cc(C3=NCc4cnc(OC(C)C)cc43)ccn2)C1. The first-order chi connectivity index (χ1) is 12.5. The number of pyridine rings is 2. The Morgan fingerprint density at radius 3 is 2.73 bits per heavy atom. The predicted molar refractivity (Wildman–Crippen MR) is 101 cm³/mol. The molecular weight excluding hydrogens is 328 g/mol. The summed E-state index contributed by atoms with van der Waals surface area (Å²) in [7, 11) is 1.76. The van der Waals surface area contributed by atoms with Gasteiger partial charge in [-0.25, -0.2) is 9.97 Å². The van der Waals surface area contributed by atoms with E-state index in [0.29, 0.717) is 12.4 Å². The van der Waals surface area contributed by atoms with Crippen molar-refractivity contribution in [3.8, 4) is 5.88 Å². The van der Waals surface area contributed by atoms with Crippen LogP contribution in [0.15, 0.2) is 35.6 Å². The van der Waals surface area contributed by atoms with Crippen LogP contribution in [0.1, 0.15) is 37.5 Å². The third-order valence-corrected chi connectivity index (χ3v) is 4.87. The second-order valence-electron chi connectivity index (χ2n) is 7.42. The summed E-state index contributed by atoms with van der Waals surface area (Å²) in [4.78, 5) is 15.9. The quantitative estimate of drug-likeness (QED) is 0.828. The van der Waals surface area contributed by atoms with E-state index >= 15 is 0 Å². The van der Waals surface area contributed by atoms with Gasteiger partial charge < -0.3 is 14.4 Å². The zero-order valence-electron chi connectivity index (χ0n) is 15.7. The number of aromatic nitrogens is 2. The molecule has 0 amide bonds. The zero-order chi connectivity index (χ0) is 18.3. The maximum atomic E-state index is 5.75. The van der Waals surface area contributed by atoms with Gasteiger partial charge in [0, 0.05) is 55.3 Å². The van der Waals surface area contributed by atoms with Crippen LogP contribution in [0.3, 0.4) is 0 Å². The molecule has 4 rings (SSSR count). The van der Waals surface area contributed by atoms with E-state index in [9.17, 15) is 0 Å². The smallest absolute Gasteiger partial charge is 0.214 e. The largest absolute Gasteiger partial charge is 0.475 e. The molecule has 4 heterocycles. The summed E-state index contributed by atoms with van der Waals surface area (Å²) in [5, 5.41) is 0. The van der Waals surface area contributed by atoms with E-state index in [2.05, 4.69) is 27.9 Å². The number of fused-ring (bicyclic) bond motifs is 1. The first kappa shape index (κ1) is 17.0. The van der Waals surface area contributed by atoms with E-state index in [1.807, 2.05) is 38.4 Å².